The largest absolute Gasteiger partial charge is 0.481 e. The van der Waals surface area contributed by atoms with Crippen LogP contribution in [0.25, 0.3) is 0 Å². The van der Waals surface area contributed by atoms with Crippen LogP contribution in [0.4, 0.5) is 4.79 Å². The summed E-state index contributed by atoms with van der Waals surface area (Å²) in [5, 5.41) is 12.1. The van der Waals surface area contributed by atoms with Crippen molar-refractivity contribution in [2.75, 3.05) is 6.54 Å². The maximum absolute atomic E-state index is 12.1. The predicted octanol–water partition coefficient (Wildman–Crippen LogP) is 2.21. The lowest BCUT2D eigenvalue weighted by atomic mass is 9.89. The molecule has 0 aromatic carbocycles. The molecular weight excluding hydrogens is 244 g/mol. The molecule has 2 saturated heterocycles. The van der Waals surface area contributed by atoms with Gasteiger partial charge in [-0.15, -0.1) is 0 Å². The van der Waals surface area contributed by atoms with Gasteiger partial charge in [0.15, 0.2) is 0 Å². The molecule has 3 unspecified atom stereocenters. The molecule has 5 nitrogen and oxygen atoms in total. The normalized spacial score (nSPS) is 28.7. The van der Waals surface area contributed by atoms with E-state index >= 15 is 0 Å². The molecular formula is C14H24N2O3. The lowest BCUT2D eigenvalue weighted by molar-refractivity contribution is -0.142. The zero-order chi connectivity index (χ0) is 13.8. The van der Waals surface area contributed by atoms with Crippen LogP contribution in [0.3, 0.4) is 0 Å². The SMILES string of the molecule is CCCCCCNC(=O)N1C2CCC1C(C(=O)O)C2. The monoisotopic (exact) mass is 268 g/mol. The number of carboxylic acids is 1. The van der Waals surface area contributed by atoms with Crippen LogP contribution in [0.2, 0.25) is 0 Å². The Kier molecular flexibility index (Phi) is 4.66. The highest BCUT2D eigenvalue weighted by atomic mass is 16.4. The molecule has 0 saturated carbocycles. The van der Waals surface area contributed by atoms with E-state index in [2.05, 4.69) is 12.2 Å². The third kappa shape index (κ3) is 3.01. The number of hydrogen-bond acceptors (Lipinski definition) is 2. The summed E-state index contributed by atoms with van der Waals surface area (Å²) in [6, 6.07) is -0.00682. The fourth-order valence-corrected chi connectivity index (χ4v) is 3.41. The number of amides is 2. The summed E-state index contributed by atoms with van der Waals surface area (Å²) in [6.07, 6.45) is 6.95. The quantitative estimate of drug-likeness (QED) is 0.726. The number of aliphatic carboxylic acids is 1. The van der Waals surface area contributed by atoms with E-state index in [4.69, 9.17) is 5.11 Å². The summed E-state index contributed by atoms with van der Waals surface area (Å²) < 4.78 is 0. The Labute approximate surface area is 114 Å². The Morgan fingerprint density at radius 3 is 2.68 bits per heavy atom. The topological polar surface area (TPSA) is 69.6 Å². The summed E-state index contributed by atoms with van der Waals surface area (Å²) in [5.41, 5.74) is 0. The number of fused-ring (bicyclic) bond motifs is 2. The zero-order valence-corrected chi connectivity index (χ0v) is 11.6. The highest BCUT2D eigenvalue weighted by Crippen LogP contribution is 2.41. The summed E-state index contributed by atoms with van der Waals surface area (Å²) in [7, 11) is 0. The number of nitrogens with zero attached hydrogens (tertiary/aromatic N) is 1. The second-order valence-corrected chi connectivity index (χ2v) is 5.68. The van der Waals surface area contributed by atoms with E-state index in [1.807, 2.05) is 0 Å². The summed E-state index contributed by atoms with van der Waals surface area (Å²) in [4.78, 5) is 25.1. The van der Waals surface area contributed by atoms with Crippen molar-refractivity contribution in [3.05, 3.63) is 0 Å². The highest BCUT2D eigenvalue weighted by molar-refractivity contribution is 5.79. The smallest absolute Gasteiger partial charge is 0.317 e. The average Bonchev–Trinajstić information content (AvgIpc) is 2.95. The number of unbranched alkanes of at least 4 members (excludes halogenated alkanes) is 3. The number of carboxylic acid groups (broad SMARTS) is 1. The first kappa shape index (κ1) is 14.2. The van der Waals surface area contributed by atoms with Crippen LogP contribution in [-0.4, -0.2) is 40.6 Å². The first-order valence-corrected chi connectivity index (χ1v) is 7.44. The van der Waals surface area contributed by atoms with Crippen molar-refractivity contribution in [2.45, 2.75) is 64.0 Å². The van der Waals surface area contributed by atoms with Crippen LogP contribution in [-0.2, 0) is 4.79 Å². The molecule has 2 bridgehead atoms. The van der Waals surface area contributed by atoms with Gasteiger partial charge in [0.2, 0.25) is 0 Å². The molecule has 2 aliphatic heterocycles. The minimum absolute atomic E-state index is 0.0623. The Hall–Kier alpha value is -1.26. The van der Waals surface area contributed by atoms with Crippen molar-refractivity contribution in [2.24, 2.45) is 5.92 Å². The van der Waals surface area contributed by atoms with Gasteiger partial charge in [-0.3, -0.25) is 4.79 Å². The van der Waals surface area contributed by atoms with E-state index in [9.17, 15) is 9.59 Å². The maximum Gasteiger partial charge on any atom is 0.317 e. The van der Waals surface area contributed by atoms with Gasteiger partial charge in [-0.25, -0.2) is 4.79 Å². The molecule has 2 rings (SSSR count). The predicted molar refractivity (Wildman–Crippen MR) is 71.9 cm³/mol. The summed E-state index contributed by atoms with van der Waals surface area (Å²) in [6.45, 7) is 2.86. The first-order valence-electron chi connectivity index (χ1n) is 7.44. The van der Waals surface area contributed by atoms with Gasteiger partial charge in [-0.05, 0) is 25.7 Å². The van der Waals surface area contributed by atoms with E-state index in [1.165, 1.54) is 12.8 Å². The van der Waals surface area contributed by atoms with Crippen molar-refractivity contribution >= 4 is 12.0 Å². The van der Waals surface area contributed by atoms with Gasteiger partial charge in [0.25, 0.3) is 0 Å². The number of urea groups is 1. The van der Waals surface area contributed by atoms with Crippen molar-refractivity contribution in [3.8, 4) is 0 Å². The minimum atomic E-state index is -0.757. The van der Waals surface area contributed by atoms with Gasteiger partial charge in [0.05, 0.1) is 5.92 Å². The van der Waals surface area contributed by atoms with Crippen LogP contribution in [0.1, 0.15) is 51.9 Å². The maximum atomic E-state index is 12.1. The lowest BCUT2D eigenvalue weighted by Crippen LogP contribution is -2.44. The van der Waals surface area contributed by atoms with E-state index < -0.39 is 5.97 Å². The molecule has 2 N–H and O–H groups in total. The molecule has 2 aliphatic rings. The Morgan fingerprint density at radius 1 is 1.26 bits per heavy atom. The fraction of sp³-hybridized carbons (Fsp3) is 0.857. The van der Waals surface area contributed by atoms with Gasteiger partial charge in [-0.1, -0.05) is 26.2 Å². The first-order chi connectivity index (χ1) is 9.15. The van der Waals surface area contributed by atoms with Crippen molar-refractivity contribution in [3.63, 3.8) is 0 Å². The molecule has 0 aromatic rings. The second-order valence-electron chi connectivity index (χ2n) is 5.68. The zero-order valence-electron chi connectivity index (χ0n) is 11.6. The van der Waals surface area contributed by atoms with Crippen molar-refractivity contribution in [1.82, 2.24) is 10.2 Å². The van der Waals surface area contributed by atoms with Crippen LogP contribution in [0.5, 0.6) is 0 Å². The molecule has 19 heavy (non-hydrogen) atoms. The van der Waals surface area contributed by atoms with Gasteiger partial charge in [0.1, 0.15) is 0 Å². The van der Waals surface area contributed by atoms with E-state index in [-0.39, 0.29) is 24.0 Å². The Morgan fingerprint density at radius 2 is 2.05 bits per heavy atom. The number of carbonyl (C=O) groups excluding carboxylic acids is 1. The Balaban J connectivity index is 1.79. The number of carbonyl (C=O) groups is 2. The van der Waals surface area contributed by atoms with Crippen molar-refractivity contribution < 1.29 is 14.7 Å². The van der Waals surface area contributed by atoms with Crippen molar-refractivity contribution in [1.29, 1.82) is 0 Å². The molecule has 2 amide bonds. The molecule has 108 valence electrons. The van der Waals surface area contributed by atoms with Crippen LogP contribution in [0, 0.1) is 5.92 Å². The minimum Gasteiger partial charge on any atom is -0.481 e. The average molecular weight is 268 g/mol. The van der Waals surface area contributed by atoms with Gasteiger partial charge in [-0.2, -0.15) is 0 Å². The fourth-order valence-electron chi connectivity index (χ4n) is 3.41. The Bertz CT molecular complexity index is 346. The third-order valence-corrected chi connectivity index (χ3v) is 4.40. The molecule has 0 aromatic heterocycles. The van der Waals surface area contributed by atoms with E-state index in [1.54, 1.807) is 4.90 Å². The number of hydrogen-bond donors (Lipinski definition) is 2. The molecule has 0 radical (unpaired) electrons. The highest BCUT2D eigenvalue weighted by Gasteiger charge is 2.51. The molecule has 3 atom stereocenters. The summed E-state index contributed by atoms with van der Waals surface area (Å²) in [5.74, 6) is -1.11. The van der Waals surface area contributed by atoms with Crippen LogP contribution >= 0.6 is 0 Å². The second kappa shape index (κ2) is 6.26. The molecule has 2 heterocycles. The lowest BCUT2D eigenvalue weighted by Gasteiger charge is -2.23. The van der Waals surface area contributed by atoms with E-state index in [0.29, 0.717) is 13.0 Å². The number of nitrogens with one attached hydrogen (secondary N) is 1. The molecule has 5 heteroatoms. The standard InChI is InChI=1S/C14H24N2O3/c1-2-3-4-5-8-15-14(19)16-10-6-7-12(16)11(9-10)13(17)18/h10-12H,2-9H2,1H3,(H,15,19)(H,17,18). The molecule has 2 fully saturated rings. The summed E-state index contributed by atoms with van der Waals surface area (Å²) >= 11 is 0. The van der Waals surface area contributed by atoms with Crippen LogP contribution in [0.15, 0.2) is 0 Å². The van der Waals surface area contributed by atoms with Gasteiger partial charge in [0, 0.05) is 18.6 Å². The molecule has 0 aliphatic carbocycles. The van der Waals surface area contributed by atoms with E-state index in [0.717, 1.165) is 25.7 Å². The van der Waals surface area contributed by atoms with Crippen LogP contribution < -0.4 is 5.32 Å². The number of rotatable bonds is 6. The molecule has 0 spiro atoms. The third-order valence-electron chi connectivity index (χ3n) is 4.40. The van der Waals surface area contributed by atoms with Gasteiger partial charge < -0.3 is 15.3 Å². The van der Waals surface area contributed by atoms with Gasteiger partial charge >= 0.3 is 12.0 Å².